The van der Waals surface area contributed by atoms with Crippen LogP contribution in [0.2, 0.25) is 0 Å². The van der Waals surface area contributed by atoms with Crippen LogP contribution in [0.4, 0.5) is 0 Å². The number of ether oxygens (including phenoxy) is 4. The van der Waals surface area contributed by atoms with Crippen LogP contribution >= 0.6 is 0 Å². The van der Waals surface area contributed by atoms with Crippen molar-refractivity contribution in [2.24, 2.45) is 23.7 Å². The van der Waals surface area contributed by atoms with E-state index in [9.17, 15) is 0 Å². The lowest BCUT2D eigenvalue weighted by Crippen LogP contribution is -2.55. The van der Waals surface area contributed by atoms with Gasteiger partial charge in [-0.1, -0.05) is 36.4 Å². The summed E-state index contributed by atoms with van der Waals surface area (Å²) in [5.41, 5.74) is 3.89. The van der Waals surface area contributed by atoms with Crippen LogP contribution in [-0.4, -0.2) is 82.4 Å². The first kappa shape index (κ1) is 38.8. The second kappa shape index (κ2) is 16.0. The van der Waals surface area contributed by atoms with Gasteiger partial charge >= 0.3 is 0 Å². The summed E-state index contributed by atoms with van der Waals surface area (Å²) in [5, 5.41) is 15.9. The smallest absolute Gasteiger partial charge is 0.242 e. The molecule has 0 aliphatic carbocycles. The Bertz CT molecular complexity index is 2660. The van der Waals surface area contributed by atoms with E-state index in [-0.39, 0.29) is 24.3 Å². The minimum absolute atomic E-state index is 0.103. The number of pyridine rings is 2. The molecule has 0 radical (unpaired) electrons. The summed E-state index contributed by atoms with van der Waals surface area (Å²) in [6.07, 6.45) is 11.6. The van der Waals surface area contributed by atoms with Gasteiger partial charge in [0.25, 0.3) is 0 Å². The molecule has 62 heavy (non-hydrogen) atoms. The van der Waals surface area contributed by atoms with E-state index < -0.39 is 0 Å². The number of hydrogen-bond acceptors (Lipinski definition) is 10. The zero-order valence-electron chi connectivity index (χ0n) is 35.4. The fourth-order valence-corrected chi connectivity index (χ4v) is 11.3. The lowest BCUT2D eigenvalue weighted by molar-refractivity contribution is -0.0382. The molecule has 0 saturated carbocycles. The van der Waals surface area contributed by atoms with Crippen LogP contribution in [0.15, 0.2) is 123 Å². The average Bonchev–Trinajstić information content (AvgIpc) is 3.34. The van der Waals surface area contributed by atoms with Crippen LogP contribution in [0, 0.1) is 23.7 Å². The third-order valence-corrected chi connectivity index (χ3v) is 14.6. The summed E-state index contributed by atoms with van der Waals surface area (Å²) >= 11 is 0. The SMILES string of the molecule is C=CC1CN2CCC1CC2C(Oc1nnc(OC(c2ccnc3ccc(OC)cc23)C2CC3CCN2CC3C=C)c2cc3ccccc3cc12)c1ccnc2ccc(OC)cc12. The first-order valence-corrected chi connectivity index (χ1v) is 22.1. The fourth-order valence-electron chi connectivity index (χ4n) is 11.3. The molecule has 3 aromatic heterocycles. The minimum atomic E-state index is -0.369. The molecule has 6 aliphatic heterocycles. The fraction of sp³-hybridized carbons (Fsp3) is 0.346. The van der Waals surface area contributed by atoms with Crippen LogP contribution in [0.3, 0.4) is 0 Å². The third kappa shape index (κ3) is 6.71. The molecule has 10 heteroatoms. The second-order valence-corrected chi connectivity index (χ2v) is 17.7. The van der Waals surface area contributed by atoms with E-state index in [0.717, 1.165) is 118 Å². The van der Waals surface area contributed by atoms with Crippen molar-refractivity contribution >= 4 is 43.4 Å². The largest absolute Gasteiger partial charge is 0.497 e. The molecule has 13 rings (SSSR count). The van der Waals surface area contributed by atoms with Gasteiger partial charge in [-0.2, -0.15) is 0 Å². The predicted octanol–water partition coefficient (Wildman–Crippen LogP) is 9.93. The van der Waals surface area contributed by atoms with Crippen molar-refractivity contribution in [1.82, 2.24) is 30.0 Å². The van der Waals surface area contributed by atoms with Crippen molar-refractivity contribution < 1.29 is 18.9 Å². The lowest BCUT2D eigenvalue weighted by Gasteiger charge is -2.51. The Balaban J connectivity index is 1.06. The molecular weight excluding hydrogens is 773 g/mol. The third-order valence-electron chi connectivity index (χ3n) is 14.6. The van der Waals surface area contributed by atoms with Crippen molar-refractivity contribution in [2.45, 2.75) is 50.0 Å². The molecule has 9 heterocycles. The zero-order chi connectivity index (χ0) is 41.9. The number of fused-ring (bicyclic) bond motifs is 10. The van der Waals surface area contributed by atoms with E-state index >= 15 is 0 Å². The van der Waals surface area contributed by atoms with Gasteiger partial charge in [0.05, 0.1) is 48.1 Å². The molecule has 4 bridgehead atoms. The van der Waals surface area contributed by atoms with Crippen LogP contribution in [-0.2, 0) is 0 Å². The van der Waals surface area contributed by atoms with Gasteiger partial charge in [-0.3, -0.25) is 19.8 Å². The lowest BCUT2D eigenvalue weighted by atomic mass is 9.73. The number of methoxy groups -OCH3 is 2. The van der Waals surface area contributed by atoms with Crippen LogP contribution < -0.4 is 18.9 Å². The molecule has 0 spiro atoms. The highest BCUT2D eigenvalue weighted by Crippen LogP contribution is 2.47. The first-order valence-electron chi connectivity index (χ1n) is 22.1. The van der Waals surface area contributed by atoms with Gasteiger partial charge < -0.3 is 18.9 Å². The average molecular weight is 825 g/mol. The molecule has 7 aromatic rings. The monoisotopic (exact) mass is 824 g/mol. The van der Waals surface area contributed by atoms with E-state index in [1.165, 1.54) is 0 Å². The number of piperidine rings is 6. The molecule has 6 aliphatic rings. The van der Waals surface area contributed by atoms with Gasteiger partial charge in [-0.05, 0) is 134 Å². The standard InChI is InChI=1S/C52H52N6O4/c1-5-31-29-57-21-17-35(31)25-47(57)49(39-15-19-53-45-13-11-37(59-3)27-41(39)45)61-51-43-23-33-9-7-8-10-34(33)24-44(43)52(56-55-51)62-50(48-26-36-18-22-58(48)30-32(36)6-2)40-16-20-54-46-14-12-38(60-4)28-42(40)46/h5-16,19-20,23-24,27-28,31-32,35-36,47-50H,1-2,17-18,21-22,25-26,29-30H2,3-4H3. The quantitative estimate of drug-likeness (QED) is 0.0876. The molecule has 10 atom stereocenters. The number of nitrogens with zero attached hydrogens (tertiary/aromatic N) is 6. The molecule has 314 valence electrons. The molecule has 4 aromatic carbocycles. The molecule has 0 N–H and O–H groups in total. The van der Waals surface area contributed by atoms with Crippen molar-refractivity contribution in [1.29, 1.82) is 0 Å². The molecule has 10 nitrogen and oxygen atoms in total. The maximum atomic E-state index is 7.41. The Morgan fingerprint density at radius 3 is 1.47 bits per heavy atom. The van der Waals surface area contributed by atoms with Gasteiger partial charge in [0.2, 0.25) is 11.8 Å². The van der Waals surface area contributed by atoms with E-state index in [4.69, 9.17) is 39.1 Å². The highest BCUT2D eigenvalue weighted by atomic mass is 16.5. The second-order valence-electron chi connectivity index (χ2n) is 17.7. The Hall–Kier alpha value is -6.10. The number of hydrogen-bond donors (Lipinski definition) is 0. The van der Waals surface area contributed by atoms with E-state index in [0.29, 0.717) is 35.4 Å². The van der Waals surface area contributed by atoms with Gasteiger partial charge in [0, 0.05) is 47.4 Å². The predicted molar refractivity (Wildman–Crippen MR) is 244 cm³/mol. The molecule has 0 amide bonds. The van der Waals surface area contributed by atoms with Crippen LogP contribution in [0.25, 0.3) is 43.4 Å². The highest BCUT2D eigenvalue weighted by molar-refractivity contribution is 6.02. The topological polar surface area (TPSA) is 95.0 Å². The maximum absolute atomic E-state index is 7.41. The summed E-state index contributed by atoms with van der Waals surface area (Å²) in [6.45, 7) is 12.4. The Kier molecular flexibility index (Phi) is 10.0. The summed E-state index contributed by atoms with van der Waals surface area (Å²) in [4.78, 5) is 14.7. The van der Waals surface area contributed by atoms with Gasteiger partial charge in [0.1, 0.15) is 23.7 Å². The first-order chi connectivity index (χ1) is 30.5. The number of aromatic nitrogens is 4. The summed E-state index contributed by atoms with van der Waals surface area (Å²) in [7, 11) is 3.41. The van der Waals surface area contributed by atoms with Crippen molar-refractivity contribution in [2.75, 3.05) is 40.4 Å². The van der Waals surface area contributed by atoms with E-state index in [1.54, 1.807) is 14.2 Å². The van der Waals surface area contributed by atoms with Crippen molar-refractivity contribution in [3.05, 3.63) is 134 Å². The van der Waals surface area contributed by atoms with Gasteiger partial charge in [-0.25, -0.2) is 0 Å². The van der Waals surface area contributed by atoms with E-state index in [2.05, 4.69) is 95.8 Å². The molecule has 10 unspecified atom stereocenters. The summed E-state index contributed by atoms with van der Waals surface area (Å²) in [6, 6.07) is 29.3. The highest BCUT2D eigenvalue weighted by Gasteiger charge is 2.46. The minimum Gasteiger partial charge on any atom is -0.497 e. The normalized spacial score (nSPS) is 26.4. The summed E-state index contributed by atoms with van der Waals surface area (Å²) < 4.78 is 26.3. The Morgan fingerprint density at radius 1 is 0.597 bits per heavy atom. The molecule has 6 saturated heterocycles. The van der Waals surface area contributed by atoms with Crippen molar-refractivity contribution in [3.8, 4) is 23.3 Å². The van der Waals surface area contributed by atoms with Gasteiger partial charge in [0.15, 0.2) is 0 Å². The number of rotatable bonds is 12. The zero-order valence-corrected chi connectivity index (χ0v) is 35.4. The Morgan fingerprint density at radius 2 is 1.06 bits per heavy atom. The molecule has 6 fully saturated rings. The van der Waals surface area contributed by atoms with Gasteiger partial charge in [-0.15, -0.1) is 23.4 Å². The Labute approximate surface area is 362 Å². The van der Waals surface area contributed by atoms with E-state index in [1.807, 2.05) is 36.7 Å². The summed E-state index contributed by atoms with van der Waals surface area (Å²) in [5.74, 6) is 4.50. The number of benzene rings is 4. The van der Waals surface area contributed by atoms with Crippen LogP contribution in [0.5, 0.6) is 23.3 Å². The molecular formula is C52H52N6O4. The van der Waals surface area contributed by atoms with Crippen LogP contribution in [0.1, 0.15) is 49.0 Å². The maximum Gasteiger partial charge on any atom is 0.242 e. The van der Waals surface area contributed by atoms with Crippen molar-refractivity contribution in [3.63, 3.8) is 0 Å².